The highest BCUT2D eigenvalue weighted by molar-refractivity contribution is 5.54. The fourth-order valence-electron chi connectivity index (χ4n) is 2.44. The molecule has 1 unspecified atom stereocenters. The first kappa shape index (κ1) is 16.2. The highest BCUT2D eigenvalue weighted by atomic mass is 19.4. The van der Waals surface area contributed by atoms with Crippen LogP contribution in [0.1, 0.15) is 35.9 Å². The number of alkyl halides is 3. The van der Waals surface area contributed by atoms with Gasteiger partial charge >= 0.3 is 6.18 Å². The Morgan fingerprint density at radius 2 is 1.88 bits per heavy atom. The van der Waals surface area contributed by atoms with Crippen LogP contribution in [0.5, 0.6) is 0 Å². The number of rotatable bonds is 3. The molecule has 1 atom stereocenters. The molecule has 0 bridgehead atoms. The van der Waals surface area contributed by atoms with E-state index >= 15 is 0 Å². The molecule has 3 heterocycles. The van der Waals surface area contributed by atoms with E-state index in [2.05, 4.69) is 20.4 Å². The van der Waals surface area contributed by atoms with Crippen LogP contribution < -0.4 is 0 Å². The summed E-state index contributed by atoms with van der Waals surface area (Å²) in [5, 5.41) is 15.7. The number of nitrogens with zero attached hydrogens (tertiary/aromatic N) is 6. The Kier molecular flexibility index (Phi) is 3.69. The van der Waals surface area contributed by atoms with Crippen LogP contribution in [-0.2, 0) is 13.2 Å². The van der Waals surface area contributed by atoms with Crippen molar-refractivity contribution >= 4 is 0 Å². The van der Waals surface area contributed by atoms with E-state index < -0.39 is 17.9 Å². The number of hydrogen-bond acceptors (Lipinski definition) is 5. The average Bonchev–Trinajstić information content (AvgIpc) is 3.16. The maximum absolute atomic E-state index is 12.8. The lowest BCUT2D eigenvalue weighted by Crippen LogP contribution is -2.13. The summed E-state index contributed by atoms with van der Waals surface area (Å²) in [6.07, 6.45) is -2.76. The van der Waals surface area contributed by atoms with Crippen LogP contribution in [0.25, 0.3) is 11.5 Å². The third kappa shape index (κ3) is 2.79. The Balaban J connectivity index is 1.93. The summed E-state index contributed by atoms with van der Waals surface area (Å²) in [5.41, 5.74) is 0.799. The van der Waals surface area contributed by atoms with Crippen molar-refractivity contribution in [3.8, 4) is 11.5 Å². The molecular formula is C14H15F3N6O. The molecule has 0 aliphatic rings. The number of hydrogen-bond donors (Lipinski definition) is 0. The lowest BCUT2D eigenvalue weighted by atomic mass is 10.3. The molecule has 3 rings (SSSR count). The lowest BCUT2D eigenvalue weighted by molar-refractivity contribution is -0.141. The highest BCUT2D eigenvalue weighted by Gasteiger charge is 2.35. The van der Waals surface area contributed by atoms with Crippen molar-refractivity contribution in [1.29, 1.82) is 0 Å². The molecule has 0 radical (unpaired) electrons. The van der Waals surface area contributed by atoms with Gasteiger partial charge in [-0.25, -0.2) is 0 Å². The fraction of sp³-hybridized carbons (Fsp3) is 0.429. The number of aromatic nitrogens is 6. The zero-order valence-electron chi connectivity index (χ0n) is 13.5. The first-order valence-corrected chi connectivity index (χ1v) is 7.14. The minimum absolute atomic E-state index is 0.174. The van der Waals surface area contributed by atoms with Crippen LogP contribution in [0.4, 0.5) is 13.2 Å². The minimum Gasteiger partial charge on any atom is -0.418 e. The van der Waals surface area contributed by atoms with E-state index in [-0.39, 0.29) is 11.8 Å². The number of halogens is 3. The van der Waals surface area contributed by atoms with E-state index in [4.69, 9.17) is 4.42 Å². The smallest absolute Gasteiger partial charge is 0.418 e. The molecule has 0 saturated heterocycles. The largest absolute Gasteiger partial charge is 0.435 e. The molecule has 24 heavy (non-hydrogen) atoms. The van der Waals surface area contributed by atoms with Gasteiger partial charge in [-0.1, -0.05) is 0 Å². The van der Waals surface area contributed by atoms with E-state index in [0.717, 1.165) is 11.8 Å². The molecular weight excluding hydrogens is 325 g/mol. The van der Waals surface area contributed by atoms with E-state index in [1.807, 2.05) is 0 Å². The van der Waals surface area contributed by atoms with Gasteiger partial charge < -0.3 is 4.42 Å². The molecule has 0 fully saturated rings. The van der Waals surface area contributed by atoms with Gasteiger partial charge in [-0.2, -0.15) is 23.4 Å². The van der Waals surface area contributed by atoms with Crippen LogP contribution in [0.2, 0.25) is 0 Å². The number of aryl methyl sites for hydroxylation is 3. The topological polar surface area (TPSA) is 74.6 Å². The van der Waals surface area contributed by atoms with Gasteiger partial charge in [-0.05, 0) is 26.8 Å². The van der Waals surface area contributed by atoms with Crippen LogP contribution in [0.15, 0.2) is 16.7 Å². The molecule has 128 valence electrons. The minimum atomic E-state index is -4.50. The van der Waals surface area contributed by atoms with Gasteiger partial charge in [0.15, 0.2) is 5.69 Å². The van der Waals surface area contributed by atoms with Crippen LogP contribution in [0.3, 0.4) is 0 Å². The van der Waals surface area contributed by atoms with Crippen molar-refractivity contribution in [2.24, 2.45) is 7.05 Å². The second-order valence-corrected chi connectivity index (χ2v) is 5.54. The van der Waals surface area contributed by atoms with Crippen molar-refractivity contribution < 1.29 is 17.6 Å². The van der Waals surface area contributed by atoms with Crippen molar-refractivity contribution in [3.05, 3.63) is 35.2 Å². The summed E-state index contributed by atoms with van der Waals surface area (Å²) in [6, 6.07) is 0.360. The Labute approximate surface area is 135 Å². The lowest BCUT2D eigenvalue weighted by Gasteiger charge is -2.09. The predicted octanol–water partition coefficient (Wildman–Crippen LogP) is 2.91. The first-order valence-electron chi connectivity index (χ1n) is 7.14. The Morgan fingerprint density at radius 3 is 2.42 bits per heavy atom. The Hall–Kier alpha value is -2.65. The molecule has 3 aromatic heterocycles. The monoisotopic (exact) mass is 340 g/mol. The zero-order valence-corrected chi connectivity index (χ0v) is 13.5. The maximum Gasteiger partial charge on any atom is 0.435 e. The van der Waals surface area contributed by atoms with Gasteiger partial charge in [0, 0.05) is 18.9 Å². The van der Waals surface area contributed by atoms with Gasteiger partial charge in [0.25, 0.3) is 5.89 Å². The SMILES string of the molecule is Cc1nn(C)cc1-c1nnc(C(C)n2nc(C(F)(F)F)cc2C)o1. The first-order chi connectivity index (χ1) is 11.2. The molecule has 0 aliphatic carbocycles. The Bertz CT molecular complexity index is 876. The van der Waals surface area contributed by atoms with Gasteiger partial charge in [0.1, 0.15) is 6.04 Å². The van der Waals surface area contributed by atoms with Gasteiger partial charge in [-0.3, -0.25) is 9.36 Å². The maximum atomic E-state index is 12.8. The second-order valence-electron chi connectivity index (χ2n) is 5.54. The quantitative estimate of drug-likeness (QED) is 0.733. The summed E-state index contributed by atoms with van der Waals surface area (Å²) in [5.74, 6) is 0.441. The molecule has 10 heteroatoms. The van der Waals surface area contributed by atoms with Crippen LogP contribution in [0, 0.1) is 13.8 Å². The van der Waals surface area contributed by atoms with Gasteiger partial charge in [-0.15, -0.1) is 10.2 Å². The summed E-state index contributed by atoms with van der Waals surface area (Å²) in [4.78, 5) is 0. The van der Waals surface area contributed by atoms with Crippen molar-refractivity contribution in [1.82, 2.24) is 29.8 Å². The Morgan fingerprint density at radius 1 is 1.17 bits per heavy atom. The molecule has 3 aromatic rings. The molecule has 0 amide bonds. The standard InChI is InChI=1S/C14H15F3N6O/c1-7-5-11(14(15,16)17)21-23(7)9(3)12-18-19-13(24-12)10-6-22(4)20-8(10)2/h5-6,9H,1-4H3. The summed E-state index contributed by atoms with van der Waals surface area (Å²) in [7, 11) is 1.77. The molecule has 7 nitrogen and oxygen atoms in total. The van der Waals surface area contributed by atoms with Crippen molar-refractivity contribution in [2.75, 3.05) is 0 Å². The third-order valence-electron chi connectivity index (χ3n) is 3.62. The zero-order chi connectivity index (χ0) is 17.6. The summed E-state index contributed by atoms with van der Waals surface area (Å²) >= 11 is 0. The third-order valence-corrected chi connectivity index (χ3v) is 3.62. The van der Waals surface area contributed by atoms with Gasteiger partial charge in [0.2, 0.25) is 5.89 Å². The van der Waals surface area contributed by atoms with Gasteiger partial charge in [0.05, 0.1) is 11.3 Å². The normalized spacial score (nSPS) is 13.5. The fourth-order valence-corrected chi connectivity index (χ4v) is 2.44. The molecule has 0 saturated carbocycles. The molecule has 0 spiro atoms. The average molecular weight is 340 g/mol. The highest BCUT2D eigenvalue weighted by Crippen LogP contribution is 2.31. The second kappa shape index (κ2) is 5.46. The molecule has 0 aromatic carbocycles. The molecule has 0 aliphatic heterocycles. The van der Waals surface area contributed by atoms with Crippen LogP contribution >= 0.6 is 0 Å². The van der Waals surface area contributed by atoms with Crippen molar-refractivity contribution in [2.45, 2.75) is 33.0 Å². The predicted molar refractivity (Wildman–Crippen MR) is 77.0 cm³/mol. The van der Waals surface area contributed by atoms with E-state index in [9.17, 15) is 13.2 Å². The van der Waals surface area contributed by atoms with Crippen LogP contribution in [-0.4, -0.2) is 29.8 Å². The summed E-state index contributed by atoms with van der Waals surface area (Å²) in [6.45, 7) is 4.99. The van der Waals surface area contributed by atoms with E-state index in [1.54, 1.807) is 38.7 Å². The van der Waals surface area contributed by atoms with Crippen molar-refractivity contribution in [3.63, 3.8) is 0 Å². The van der Waals surface area contributed by atoms with E-state index in [1.165, 1.54) is 4.68 Å². The summed E-state index contributed by atoms with van der Waals surface area (Å²) < 4.78 is 46.8. The van der Waals surface area contributed by atoms with E-state index in [0.29, 0.717) is 11.3 Å². The molecule has 0 N–H and O–H groups in total.